The molecule has 0 radical (unpaired) electrons. The molecule has 1 aliphatic rings. The zero-order chi connectivity index (χ0) is 20.1. The van der Waals surface area contributed by atoms with Gasteiger partial charge in [0.1, 0.15) is 0 Å². The molecule has 28 heavy (non-hydrogen) atoms. The first-order valence-corrected chi connectivity index (χ1v) is 12.0. The van der Waals surface area contributed by atoms with Gasteiger partial charge in [-0.1, -0.05) is 13.3 Å². The zero-order valence-electron chi connectivity index (χ0n) is 17.6. The van der Waals surface area contributed by atoms with Crippen LogP contribution in [-0.2, 0) is 14.8 Å². The highest BCUT2D eigenvalue weighted by Gasteiger charge is 2.15. The van der Waals surface area contributed by atoms with E-state index in [1.165, 1.54) is 10.6 Å². The molecule has 0 aromatic carbocycles. The smallest absolute Gasteiger partial charge is 0.222 e. The molecule has 1 rings (SSSR count). The SMILES string of the molecule is CCNC(=NCCCN1CCCCCC1=O)NCCCN(CC)S(C)(=O)=O.I. The Morgan fingerprint density at radius 3 is 2.57 bits per heavy atom. The van der Waals surface area contributed by atoms with Gasteiger partial charge in [0.15, 0.2) is 5.96 Å². The van der Waals surface area contributed by atoms with E-state index < -0.39 is 10.0 Å². The van der Waals surface area contributed by atoms with Gasteiger partial charge in [-0.3, -0.25) is 9.79 Å². The Hall–Kier alpha value is -0.620. The number of carbonyl (C=O) groups is 1. The first kappa shape index (κ1) is 27.4. The molecule has 1 aliphatic heterocycles. The van der Waals surface area contributed by atoms with E-state index in [-0.39, 0.29) is 29.9 Å². The molecule has 0 unspecified atom stereocenters. The van der Waals surface area contributed by atoms with Crippen LogP contribution >= 0.6 is 24.0 Å². The van der Waals surface area contributed by atoms with E-state index in [1.807, 2.05) is 18.7 Å². The first-order valence-electron chi connectivity index (χ1n) is 10.1. The van der Waals surface area contributed by atoms with Crippen molar-refractivity contribution in [3.05, 3.63) is 0 Å². The number of guanidine groups is 1. The van der Waals surface area contributed by atoms with Gasteiger partial charge in [-0.15, -0.1) is 24.0 Å². The summed E-state index contributed by atoms with van der Waals surface area (Å²) in [5.41, 5.74) is 0. The fourth-order valence-electron chi connectivity index (χ4n) is 3.09. The van der Waals surface area contributed by atoms with Crippen LogP contribution in [0.5, 0.6) is 0 Å². The molecule has 0 saturated carbocycles. The van der Waals surface area contributed by atoms with E-state index in [2.05, 4.69) is 15.6 Å². The Morgan fingerprint density at radius 1 is 1.18 bits per heavy atom. The monoisotopic (exact) mass is 531 g/mol. The van der Waals surface area contributed by atoms with Crippen LogP contribution in [0.25, 0.3) is 0 Å². The van der Waals surface area contributed by atoms with Crippen LogP contribution in [-0.4, -0.2) is 81.6 Å². The summed E-state index contributed by atoms with van der Waals surface area (Å²) < 4.78 is 24.6. The van der Waals surface area contributed by atoms with Gasteiger partial charge in [0, 0.05) is 52.2 Å². The minimum absolute atomic E-state index is 0. The van der Waals surface area contributed by atoms with E-state index in [4.69, 9.17) is 0 Å². The fraction of sp³-hybridized carbons (Fsp3) is 0.889. The average Bonchev–Trinajstić information content (AvgIpc) is 2.81. The Balaban J connectivity index is 0.00000729. The standard InChI is InChI=1S/C18H37N5O3S.HI/c1-4-19-18(21-13-10-16-23(5-2)27(3,25)26)20-12-9-15-22-14-8-6-7-11-17(22)24;/h4-16H2,1-3H3,(H2,19,20,21);1H. The molecular weight excluding hydrogens is 493 g/mol. The number of hydrogen-bond donors (Lipinski definition) is 2. The molecule has 8 nitrogen and oxygen atoms in total. The van der Waals surface area contributed by atoms with Crippen molar-refractivity contribution in [2.24, 2.45) is 4.99 Å². The Morgan fingerprint density at radius 2 is 1.93 bits per heavy atom. The third-order valence-corrected chi connectivity index (χ3v) is 5.95. The van der Waals surface area contributed by atoms with Crippen LogP contribution in [0.3, 0.4) is 0 Å². The van der Waals surface area contributed by atoms with Gasteiger partial charge >= 0.3 is 0 Å². The van der Waals surface area contributed by atoms with Gasteiger partial charge in [-0.05, 0) is 32.6 Å². The first-order chi connectivity index (χ1) is 12.9. The van der Waals surface area contributed by atoms with Crippen LogP contribution in [0, 0.1) is 0 Å². The van der Waals surface area contributed by atoms with Crippen molar-refractivity contribution in [2.45, 2.75) is 52.4 Å². The maximum Gasteiger partial charge on any atom is 0.222 e. The van der Waals surface area contributed by atoms with Crippen molar-refractivity contribution >= 4 is 45.9 Å². The molecule has 0 atom stereocenters. The minimum atomic E-state index is -3.13. The molecule has 0 bridgehead atoms. The third-order valence-electron chi connectivity index (χ3n) is 4.57. The lowest BCUT2D eigenvalue weighted by molar-refractivity contribution is -0.130. The third kappa shape index (κ3) is 11.4. The summed E-state index contributed by atoms with van der Waals surface area (Å²) in [5.74, 6) is 1.01. The zero-order valence-corrected chi connectivity index (χ0v) is 20.7. The van der Waals surface area contributed by atoms with Crippen LogP contribution in [0.2, 0.25) is 0 Å². The highest BCUT2D eigenvalue weighted by molar-refractivity contribution is 14.0. The number of sulfonamides is 1. The maximum absolute atomic E-state index is 12.0. The number of halogens is 1. The molecule has 0 aromatic heterocycles. The van der Waals surface area contributed by atoms with Crippen LogP contribution in [0.15, 0.2) is 4.99 Å². The Labute approximate surface area is 188 Å². The number of nitrogens with zero attached hydrogens (tertiary/aromatic N) is 3. The van der Waals surface area contributed by atoms with Crippen LogP contribution in [0.1, 0.15) is 52.4 Å². The van der Waals surface area contributed by atoms with Crippen molar-refractivity contribution in [1.29, 1.82) is 0 Å². The van der Waals surface area contributed by atoms with Crippen molar-refractivity contribution in [2.75, 3.05) is 52.1 Å². The molecule has 166 valence electrons. The van der Waals surface area contributed by atoms with Gasteiger partial charge in [0.25, 0.3) is 0 Å². The molecule has 0 spiro atoms. The van der Waals surface area contributed by atoms with Gasteiger partial charge < -0.3 is 15.5 Å². The lowest BCUT2D eigenvalue weighted by atomic mass is 10.2. The minimum Gasteiger partial charge on any atom is -0.357 e. The second kappa shape index (κ2) is 15.3. The number of likely N-dealkylation sites (tertiary alicyclic amines) is 1. The molecule has 1 heterocycles. The number of aliphatic imine (C=N–C) groups is 1. The number of amides is 1. The van der Waals surface area contributed by atoms with Crippen molar-refractivity contribution in [3.8, 4) is 0 Å². The molecule has 0 aliphatic carbocycles. The normalized spacial score (nSPS) is 15.9. The molecular formula is C18H38IN5O3S. The summed E-state index contributed by atoms with van der Waals surface area (Å²) in [6.07, 6.45) is 6.73. The number of hydrogen-bond acceptors (Lipinski definition) is 4. The highest BCUT2D eigenvalue weighted by Crippen LogP contribution is 2.11. The second-order valence-electron chi connectivity index (χ2n) is 6.84. The molecule has 0 aromatic rings. The average molecular weight is 532 g/mol. The summed E-state index contributed by atoms with van der Waals surface area (Å²) in [4.78, 5) is 18.5. The summed E-state index contributed by atoms with van der Waals surface area (Å²) in [5, 5.41) is 6.44. The van der Waals surface area contributed by atoms with E-state index in [9.17, 15) is 13.2 Å². The predicted octanol–water partition coefficient (Wildman–Crippen LogP) is 1.62. The molecule has 1 saturated heterocycles. The van der Waals surface area contributed by atoms with Crippen molar-refractivity contribution in [1.82, 2.24) is 19.8 Å². The van der Waals surface area contributed by atoms with Crippen molar-refractivity contribution in [3.63, 3.8) is 0 Å². The quantitative estimate of drug-likeness (QED) is 0.183. The van der Waals surface area contributed by atoms with Gasteiger partial charge in [0.05, 0.1) is 6.26 Å². The topological polar surface area (TPSA) is 94.1 Å². The van der Waals surface area contributed by atoms with E-state index in [0.29, 0.717) is 39.0 Å². The lowest BCUT2D eigenvalue weighted by Crippen LogP contribution is -2.39. The Kier molecular flexibility index (Phi) is 14.9. The van der Waals surface area contributed by atoms with E-state index in [1.54, 1.807) is 0 Å². The maximum atomic E-state index is 12.0. The summed E-state index contributed by atoms with van der Waals surface area (Å²) >= 11 is 0. The number of rotatable bonds is 11. The van der Waals surface area contributed by atoms with Crippen LogP contribution in [0.4, 0.5) is 0 Å². The van der Waals surface area contributed by atoms with E-state index >= 15 is 0 Å². The number of carbonyl (C=O) groups excluding carboxylic acids is 1. The lowest BCUT2D eigenvalue weighted by Gasteiger charge is -2.20. The van der Waals surface area contributed by atoms with Gasteiger partial charge in [0.2, 0.25) is 15.9 Å². The summed E-state index contributed by atoms with van der Waals surface area (Å²) in [6.45, 7) is 8.55. The van der Waals surface area contributed by atoms with Crippen LogP contribution < -0.4 is 10.6 Å². The largest absolute Gasteiger partial charge is 0.357 e. The molecule has 1 fully saturated rings. The molecule has 10 heteroatoms. The van der Waals surface area contributed by atoms with Crippen molar-refractivity contribution < 1.29 is 13.2 Å². The predicted molar refractivity (Wildman–Crippen MR) is 126 cm³/mol. The van der Waals surface area contributed by atoms with Gasteiger partial charge in [-0.25, -0.2) is 12.7 Å². The fourth-order valence-corrected chi connectivity index (χ4v) is 4.02. The number of nitrogens with one attached hydrogen (secondary N) is 2. The summed E-state index contributed by atoms with van der Waals surface area (Å²) in [6, 6.07) is 0. The van der Waals surface area contributed by atoms with E-state index in [0.717, 1.165) is 51.3 Å². The Bertz CT molecular complexity index is 572. The molecule has 1 amide bonds. The summed E-state index contributed by atoms with van der Waals surface area (Å²) in [7, 11) is -3.13. The molecule has 2 N–H and O–H groups in total. The second-order valence-corrected chi connectivity index (χ2v) is 8.82. The van der Waals surface area contributed by atoms with Gasteiger partial charge in [-0.2, -0.15) is 0 Å². The highest BCUT2D eigenvalue weighted by atomic mass is 127.